The second kappa shape index (κ2) is 7.64. The van der Waals surface area contributed by atoms with E-state index >= 15 is 0 Å². The van der Waals surface area contributed by atoms with Crippen molar-refractivity contribution in [1.29, 1.82) is 0 Å². The summed E-state index contributed by atoms with van der Waals surface area (Å²) >= 11 is 0. The van der Waals surface area contributed by atoms with Gasteiger partial charge in [0, 0.05) is 12.6 Å². The average molecular weight is 267 g/mol. The monoisotopic (exact) mass is 267 g/mol. The maximum Gasteiger partial charge on any atom is 0.0692 e. The third kappa shape index (κ3) is 4.46. The Hall–Kier alpha value is -0.0800. The van der Waals surface area contributed by atoms with E-state index in [0.29, 0.717) is 6.04 Å². The maximum atomic E-state index is 6.07. The number of nitrogens with one attached hydrogen (secondary N) is 1. The predicted octanol–water partition coefficient (Wildman–Crippen LogP) is 4.28. The van der Waals surface area contributed by atoms with Crippen molar-refractivity contribution in [2.24, 2.45) is 5.92 Å². The van der Waals surface area contributed by atoms with Crippen molar-refractivity contribution >= 4 is 0 Å². The van der Waals surface area contributed by atoms with E-state index in [4.69, 9.17) is 4.74 Å². The number of hydrogen-bond donors (Lipinski definition) is 1. The van der Waals surface area contributed by atoms with Crippen molar-refractivity contribution in [3.63, 3.8) is 0 Å². The predicted molar refractivity (Wildman–Crippen MR) is 81.5 cm³/mol. The molecule has 1 aliphatic carbocycles. The van der Waals surface area contributed by atoms with Crippen LogP contribution in [0, 0.1) is 5.92 Å². The Kier molecular flexibility index (Phi) is 6.15. The van der Waals surface area contributed by atoms with Gasteiger partial charge >= 0.3 is 0 Å². The smallest absolute Gasteiger partial charge is 0.0692 e. The molecule has 2 heteroatoms. The highest BCUT2D eigenvalue weighted by atomic mass is 16.5. The zero-order chi connectivity index (χ0) is 13.6. The molecule has 1 saturated heterocycles. The highest BCUT2D eigenvalue weighted by molar-refractivity contribution is 4.88. The van der Waals surface area contributed by atoms with Gasteiger partial charge in [-0.25, -0.2) is 0 Å². The summed E-state index contributed by atoms with van der Waals surface area (Å²) in [5.74, 6) is 0.933. The van der Waals surface area contributed by atoms with Gasteiger partial charge in [0.25, 0.3) is 0 Å². The molecule has 0 spiro atoms. The molecule has 2 rings (SSSR count). The van der Waals surface area contributed by atoms with E-state index in [1.807, 2.05) is 0 Å². The fourth-order valence-corrected chi connectivity index (χ4v) is 3.85. The Balaban J connectivity index is 1.75. The Labute approximate surface area is 119 Å². The van der Waals surface area contributed by atoms with Gasteiger partial charge < -0.3 is 10.1 Å². The van der Waals surface area contributed by atoms with E-state index in [1.165, 1.54) is 57.9 Å². The molecule has 0 radical (unpaired) electrons. The maximum absolute atomic E-state index is 6.07. The van der Waals surface area contributed by atoms with Gasteiger partial charge in [-0.1, -0.05) is 39.5 Å². The van der Waals surface area contributed by atoms with E-state index in [9.17, 15) is 0 Å². The molecule has 0 aromatic heterocycles. The summed E-state index contributed by atoms with van der Waals surface area (Å²) in [4.78, 5) is 0. The van der Waals surface area contributed by atoms with E-state index in [1.54, 1.807) is 0 Å². The van der Waals surface area contributed by atoms with Crippen LogP contribution in [0.5, 0.6) is 0 Å². The van der Waals surface area contributed by atoms with Crippen molar-refractivity contribution in [3.05, 3.63) is 0 Å². The molecule has 112 valence electrons. The number of rotatable bonds is 5. The number of ether oxygens (including phenoxy) is 1. The standard InChI is InChI=1S/C17H33NO/c1-3-17(4-2)13-16(11-12-19-17)18-14-15-9-7-5-6-8-10-15/h15-16,18H,3-14H2,1-2H3. The first-order chi connectivity index (χ1) is 9.28. The molecule has 1 aliphatic heterocycles. The third-order valence-corrected chi connectivity index (χ3v) is 5.45. The second-order valence-corrected chi connectivity index (χ2v) is 6.69. The molecule has 1 heterocycles. The summed E-state index contributed by atoms with van der Waals surface area (Å²) < 4.78 is 6.07. The number of hydrogen-bond acceptors (Lipinski definition) is 2. The summed E-state index contributed by atoms with van der Waals surface area (Å²) in [5, 5.41) is 3.86. The highest BCUT2D eigenvalue weighted by Gasteiger charge is 2.34. The Morgan fingerprint density at radius 1 is 1.00 bits per heavy atom. The zero-order valence-corrected chi connectivity index (χ0v) is 13.0. The normalized spacial score (nSPS) is 29.1. The minimum atomic E-state index is 0.166. The lowest BCUT2D eigenvalue weighted by Gasteiger charge is -2.40. The van der Waals surface area contributed by atoms with E-state index in [0.717, 1.165) is 25.4 Å². The fourth-order valence-electron chi connectivity index (χ4n) is 3.85. The van der Waals surface area contributed by atoms with Crippen LogP contribution >= 0.6 is 0 Å². The molecular weight excluding hydrogens is 234 g/mol. The van der Waals surface area contributed by atoms with Gasteiger partial charge in [0.05, 0.1) is 5.60 Å². The molecule has 1 atom stereocenters. The lowest BCUT2D eigenvalue weighted by Crippen LogP contribution is -2.47. The van der Waals surface area contributed by atoms with Crippen LogP contribution in [-0.2, 0) is 4.74 Å². The summed E-state index contributed by atoms with van der Waals surface area (Å²) in [6, 6.07) is 0.692. The zero-order valence-electron chi connectivity index (χ0n) is 13.0. The summed E-state index contributed by atoms with van der Waals surface area (Å²) in [7, 11) is 0. The molecule has 0 bridgehead atoms. The van der Waals surface area contributed by atoms with Crippen LogP contribution in [0.1, 0.15) is 78.1 Å². The largest absolute Gasteiger partial charge is 0.375 e. The van der Waals surface area contributed by atoms with Crippen LogP contribution in [0.25, 0.3) is 0 Å². The third-order valence-electron chi connectivity index (χ3n) is 5.45. The first-order valence-electron chi connectivity index (χ1n) is 8.65. The van der Waals surface area contributed by atoms with E-state index in [2.05, 4.69) is 19.2 Å². The molecular formula is C17H33NO. The van der Waals surface area contributed by atoms with Gasteiger partial charge in [-0.3, -0.25) is 0 Å². The molecule has 2 nitrogen and oxygen atoms in total. The molecule has 2 fully saturated rings. The van der Waals surface area contributed by atoms with Gasteiger partial charge in [-0.2, -0.15) is 0 Å². The van der Waals surface area contributed by atoms with Crippen molar-refractivity contribution in [3.8, 4) is 0 Å². The second-order valence-electron chi connectivity index (χ2n) is 6.69. The Morgan fingerprint density at radius 2 is 1.68 bits per heavy atom. The first-order valence-corrected chi connectivity index (χ1v) is 8.65. The molecule has 2 aliphatic rings. The SMILES string of the molecule is CCC1(CC)CC(NCC2CCCCCC2)CCO1. The molecule has 1 N–H and O–H groups in total. The van der Waals surface area contributed by atoms with Crippen LogP contribution in [0.2, 0.25) is 0 Å². The van der Waals surface area contributed by atoms with Crippen LogP contribution in [0.15, 0.2) is 0 Å². The van der Waals surface area contributed by atoms with Crippen molar-refractivity contribution in [2.75, 3.05) is 13.2 Å². The van der Waals surface area contributed by atoms with Gasteiger partial charge in [0.1, 0.15) is 0 Å². The van der Waals surface area contributed by atoms with Crippen LogP contribution in [-0.4, -0.2) is 24.8 Å². The van der Waals surface area contributed by atoms with E-state index < -0.39 is 0 Å². The minimum absolute atomic E-state index is 0.166. The molecule has 0 amide bonds. The lowest BCUT2D eigenvalue weighted by atomic mass is 9.85. The van der Waals surface area contributed by atoms with E-state index in [-0.39, 0.29) is 5.60 Å². The van der Waals surface area contributed by atoms with Crippen LogP contribution in [0.4, 0.5) is 0 Å². The summed E-state index contributed by atoms with van der Waals surface area (Å²) in [6.45, 7) is 6.74. The topological polar surface area (TPSA) is 21.3 Å². The molecule has 1 saturated carbocycles. The minimum Gasteiger partial charge on any atom is -0.375 e. The first kappa shape index (κ1) is 15.3. The van der Waals surface area contributed by atoms with Crippen LogP contribution < -0.4 is 5.32 Å². The van der Waals surface area contributed by atoms with Gasteiger partial charge in [0.15, 0.2) is 0 Å². The van der Waals surface area contributed by atoms with Gasteiger partial charge in [-0.05, 0) is 51.0 Å². The molecule has 0 aromatic rings. The highest BCUT2D eigenvalue weighted by Crippen LogP contribution is 2.31. The van der Waals surface area contributed by atoms with Gasteiger partial charge in [0.2, 0.25) is 0 Å². The molecule has 19 heavy (non-hydrogen) atoms. The fraction of sp³-hybridized carbons (Fsp3) is 1.00. The van der Waals surface area contributed by atoms with Crippen molar-refractivity contribution in [2.45, 2.75) is 89.7 Å². The molecule has 1 unspecified atom stereocenters. The van der Waals surface area contributed by atoms with Crippen molar-refractivity contribution in [1.82, 2.24) is 5.32 Å². The van der Waals surface area contributed by atoms with Crippen molar-refractivity contribution < 1.29 is 4.74 Å². The molecule has 0 aromatic carbocycles. The average Bonchev–Trinajstić information content (AvgIpc) is 2.74. The Morgan fingerprint density at radius 3 is 2.32 bits per heavy atom. The Bertz CT molecular complexity index is 242. The summed E-state index contributed by atoms with van der Waals surface area (Å²) in [6.07, 6.45) is 13.5. The lowest BCUT2D eigenvalue weighted by molar-refractivity contribution is -0.0933. The quantitative estimate of drug-likeness (QED) is 0.751. The van der Waals surface area contributed by atoms with Crippen LogP contribution in [0.3, 0.4) is 0 Å². The summed E-state index contributed by atoms with van der Waals surface area (Å²) in [5.41, 5.74) is 0.166. The van der Waals surface area contributed by atoms with Gasteiger partial charge in [-0.15, -0.1) is 0 Å².